The van der Waals surface area contributed by atoms with E-state index in [4.69, 9.17) is 44.3 Å². The minimum Gasteiger partial charge on any atom is -0.487 e. The van der Waals surface area contributed by atoms with Crippen molar-refractivity contribution in [3.05, 3.63) is 127 Å². The summed E-state index contributed by atoms with van der Waals surface area (Å²) in [6, 6.07) is 14.7. The zero-order chi connectivity index (χ0) is 31.8. The van der Waals surface area contributed by atoms with E-state index in [1.165, 1.54) is 37.3 Å². The maximum Gasteiger partial charge on any atom is 0.434 e. The highest BCUT2D eigenvalue weighted by molar-refractivity contribution is 14.1. The van der Waals surface area contributed by atoms with E-state index in [1.54, 1.807) is 30.3 Å². The number of esters is 1. The smallest absolute Gasteiger partial charge is 0.434 e. The molecule has 1 atom stereocenters. The summed E-state index contributed by atoms with van der Waals surface area (Å²) in [6.45, 7) is 1.43. The molecule has 0 fully saturated rings. The average Bonchev–Trinajstić information content (AvgIpc) is 3.26. The second-order valence-corrected chi connectivity index (χ2v) is 12.8. The van der Waals surface area contributed by atoms with Crippen LogP contribution in [0.15, 0.2) is 81.7 Å². The largest absolute Gasteiger partial charge is 0.487 e. The minimum atomic E-state index is -5.02. The number of aromatic nitrogens is 1. The Morgan fingerprint density at radius 1 is 1.07 bits per heavy atom. The first kappa shape index (κ1) is 32.6. The summed E-state index contributed by atoms with van der Waals surface area (Å²) in [5.41, 5.74) is -1.49. The molecule has 0 saturated carbocycles. The number of halogens is 7. The van der Waals surface area contributed by atoms with Crippen molar-refractivity contribution in [1.82, 2.24) is 4.57 Å². The molecule has 0 unspecified atom stereocenters. The van der Waals surface area contributed by atoms with E-state index in [0.29, 0.717) is 30.0 Å². The van der Waals surface area contributed by atoms with Crippen LogP contribution in [0, 0.1) is 3.57 Å². The summed E-state index contributed by atoms with van der Waals surface area (Å²) in [5.74, 6) is -0.836. The Kier molecular flexibility index (Phi) is 9.81. The van der Waals surface area contributed by atoms with Gasteiger partial charge < -0.3 is 9.47 Å². The third-order valence-electron chi connectivity index (χ3n) is 6.38. The van der Waals surface area contributed by atoms with Crippen LogP contribution in [-0.2, 0) is 16.1 Å². The van der Waals surface area contributed by atoms with Crippen LogP contribution in [0.1, 0.15) is 29.7 Å². The van der Waals surface area contributed by atoms with Crippen molar-refractivity contribution in [3.63, 3.8) is 0 Å². The molecule has 3 aromatic carbocycles. The van der Waals surface area contributed by atoms with Gasteiger partial charge in [-0.3, -0.25) is 9.36 Å². The Bertz CT molecular complexity index is 1980. The SMILES string of the molecule is CCOC(=O)C1=C(C(F)(F)F)N=c2s/c(=C\c3cc(Cl)cc(I)c3OCc3cccc(Cl)c3)c(=O)n2[C@@H]1c1ccc(Cl)cc1. The second kappa shape index (κ2) is 13.3. The molecule has 0 aliphatic carbocycles. The summed E-state index contributed by atoms with van der Waals surface area (Å²) < 4.78 is 56.0. The van der Waals surface area contributed by atoms with Crippen LogP contribution in [0.4, 0.5) is 13.2 Å². The molecule has 0 spiro atoms. The number of thiazole rings is 1. The molecule has 0 saturated heterocycles. The van der Waals surface area contributed by atoms with Gasteiger partial charge in [0.1, 0.15) is 12.4 Å². The maximum atomic E-state index is 14.4. The van der Waals surface area contributed by atoms with Gasteiger partial charge in [-0.15, -0.1) is 0 Å². The summed E-state index contributed by atoms with van der Waals surface area (Å²) in [6.07, 6.45) is -3.54. The van der Waals surface area contributed by atoms with Gasteiger partial charge in [0.15, 0.2) is 10.5 Å². The molecule has 0 N–H and O–H groups in total. The zero-order valence-electron chi connectivity index (χ0n) is 22.4. The van der Waals surface area contributed by atoms with Crippen molar-refractivity contribution in [1.29, 1.82) is 0 Å². The van der Waals surface area contributed by atoms with Crippen LogP contribution in [0.5, 0.6) is 5.75 Å². The van der Waals surface area contributed by atoms with E-state index in [-0.39, 0.29) is 28.1 Å². The maximum absolute atomic E-state index is 14.4. The molecule has 1 aliphatic rings. The Morgan fingerprint density at radius 2 is 1.80 bits per heavy atom. The highest BCUT2D eigenvalue weighted by atomic mass is 127. The molecule has 0 amide bonds. The lowest BCUT2D eigenvalue weighted by Gasteiger charge is -2.26. The lowest BCUT2D eigenvalue weighted by Crippen LogP contribution is -2.41. The molecule has 14 heteroatoms. The molecule has 4 aromatic rings. The molecule has 0 radical (unpaired) electrons. The number of fused-ring (bicyclic) bond motifs is 1. The third kappa shape index (κ3) is 6.86. The van der Waals surface area contributed by atoms with Gasteiger partial charge in [0.05, 0.1) is 26.3 Å². The summed E-state index contributed by atoms with van der Waals surface area (Å²) in [5, 5.41) is 1.21. The zero-order valence-corrected chi connectivity index (χ0v) is 27.7. The van der Waals surface area contributed by atoms with Gasteiger partial charge >= 0.3 is 12.1 Å². The minimum absolute atomic E-state index is 0.0417. The fourth-order valence-electron chi connectivity index (χ4n) is 4.56. The predicted molar refractivity (Wildman–Crippen MR) is 172 cm³/mol. The van der Waals surface area contributed by atoms with Crippen molar-refractivity contribution < 1.29 is 27.4 Å². The third-order valence-corrected chi connectivity index (χ3v) is 8.87. The van der Waals surface area contributed by atoms with E-state index in [2.05, 4.69) is 4.99 Å². The van der Waals surface area contributed by atoms with Gasteiger partial charge in [0.25, 0.3) is 5.56 Å². The number of hydrogen-bond acceptors (Lipinski definition) is 6. The standard InChI is InChI=1S/C30H19Cl3F3IN2O4S/c1-2-42-28(41)23-24(16-6-8-18(31)9-7-16)39-27(40)22(44-29(39)38-26(23)30(34,35)36)12-17-11-20(33)13-21(37)25(17)43-14-15-4-3-5-19(32)10-15/h3-13,24H,2,14H2,1H3/b22-12-/t24-/m1/s1. The molecule has 1 aliphatic heterocycles. The number of hydrogen-bond donors (Lipinski definition) is 0. The molecule has 228 valence electrons. The monoisotopic (exact) mass is 792 g/mol. The molecule has 0 bridgehead atoms. The molecule has 1 aromatic heterocycles. The summed E-state index contributed by atoms with van der Waals surface area (Å²) >= 11 is 21.3. The van der Waals surface area contributed by atoms with Crippen molar-refractivity contribution >= 4 is 80.8 Å². The van der Waals surface area contributed by atoms with Crippen LogP contribution >= 0.6 is 68.7 Å². The Labute approximate surface area is 281 Å². The van der Waals surface area contributed by atoms with Gasteiger partial charge in [-0.2, -0.15) is 13.2 Å². The first-order chi connectivity index (χ1) is 20.9. The van der Waals surface area contributed by atoms with Crippen molar-refractivity contribution in [2.75, 3.05) is 6.61 Å². The van der Waals surface area contributed by atoms with Crippen molar-refractivity contribution in [2.45, 2.75) is 25.7 Å². The van der Waals surface area contributed by atoms with E-state index in [1.807, 2.05) is 28.7 Å². The lowest BCUT2D eigenvalue weighted by atomic mass is 9.95. The topological polar surface area (TPSA) is 69.9 Å². The average molecular weight is 794 g/mol. The number of alkyl halides is 3. The van der Waals surface area contributed by atoms with Gasteiger partial charge in [0.2, 0.25) is 0 Å². The first-order valence-electron chi connectivity index (χ1n) is 12.8. The predicted octanol–water partition coefficient (Wildman–Crippen LogP) is 7.48. The number of carbonyl (C=O) groups is 1. The van der Waals surface area contributed by atoms with E-state index in [9.17, 15) is 22.8 Å². The van der Waals surface area contributed by atoms with Gasteiger partial charge in [-0.05, 0) is 83.1 Å². The molecular formula is C30H19Cl3F3IN2O4S. The molecular weight excluding hydrogens is 775 g/mol. The molecule has 6 nitrogen and oxygen atoms in total. The highest BCUT2D eigenvalue weighted by Gasteiger charge is 2.45. The number of carbonyl (C=O) groups excluding carboxylic acids is 1. The Morgan fingerprint density at radius 3 is 2.45 bits per heavy atom. The number of nitrogens with zero attached hydrogens (tertiary/aromatic N) is 2. The first-order valence-corrected chi connectivity index (χ1v) is 15.8. The van der Waals surface area contributed by atoms with Crippen LogP contribution in [0.25, 0.3) is 6.08 Å². The van der Waals surface area contributed by atoms with Gasteiger partial charge in [0, 0.05) is 20.6 Å². The van der Waals surface area contributed by atoms with E-state index >= 15 is 0 Å². The Hall–Kier alpha value is -2.84. The highest BCUT2D eigenvalue weighted by Crippen LogP contribution is 2.38. The molecule has 44 heavy (non-hydrogen) atoms. The van der Waals surface area contributed by atoms with E-state index < -0.39 is 35.0 Å². The number of ether oxygens (including phenoxy) is 2. The van der Waals surface area contributed by atoms with Gasteiger partial charge in [-0.1, -0.05) is 70.4 Å². The lowest BCUT2D eigenvalue weighted by molar-refractivity contribution is -0.140. The van der Waals surface area contributed by atoms with Crippen molar-refractivity contribution in [3.8, 4) is 5.75 Å². The van der Waals surface area contributed by atoms with Crippen LogP contribution in [0.2, 0.25) is 15.1 Å². The molecule has 2 heterocycles. The second-order valence-electron chi connectivity index (χ2n) is 9.34. The number of benzene rings is 3. The number of allylic oxidation sites excluding steroid dienone is 1. The van der Waals surface area contributed by atoms with Crippen LogP contribution in [-0.4, -0.2) is 23.3 Å². The fraction of sp³-hybridized carbons (Fsp3) is 0.167. The number of rotatable bonds is 7. The normalized spacial score (nSPS) is 15.2. The fourth-order valence-corrected chi connectivity index (χ4v) is 7.11. The van der Waals surface area contributed by atoms with Crippen molar-refractivity contribution in [2.24, 2.45) is 4.99 Å². The Balaban J connectivity index is 1.71. The quantitative estimate of drug-likeness (QED) is 0.144. The summed E-state index contributed by atoms with van der Waals surface area (Å²) in [7, 11) is 0. The van der Waals surface area contributed by atoms with E-state index in [0.717, 1.165) is 21.5 Å². The van der Waals surface area contributed by atoms with Crippen LogP contribution < -0.4 is 19.6 Å². The molecule has 5 rings (SSSR count). The van der Waals surface area contributed by atoms with Crippen LogP contribution in [0.3, 0.4) is 0 Å². The van der Waals surface area contributed by atoms with Gasteiger partial charge in [-0.25, -0.2) is 9.79 Å². The summed E-state index contributed by atoms with van der Waals surface area (Å²) in [4.78, 5) is 30.5.